The Bertz CT molecular complexity index is 442. The molecule has 1 heterocycles. The predicted molar refractivity (Wildman–Crippen MR) is 66.8 cm³/mol. The third-order valence-electron chi connectivity index (χ3n) is 3.35. The quantitative estimate of drug-likeness (QED) is 0.824. The topological polar surface area (TPSA) is 72.3 Å². The highest BCUT2D eigenvalue weighted by molar-refractivity contribution is 5.77. The van der Waals surface area contributed by atoms with Crippen molar-refractivity contribution in [2.75, 3.05) is 6.61 Å². The molecule has 0 aliphatic rings. The molecule has 1 unspecified atom stereocenters. The molecule has 0 amide bonds. The number of nitrogens with zero attached hydrogens (tertiary/aromatic N) is 2. The second-order valence-corrected chi connectivity index (χ2v) is 4.91. The maximum Gasteiger partial charge on any atom is 0.314 e. The van der Waals surface area contributed by atoms with Crippen molar-refractivity contribution in [1.29, 1.82) is 0 Å². The second-order valence-electron chi connectivity index (χ2n) is 4.91. The standard InChI is InChI=1S/C13H20N2O3/c1-6-18-11(16)12(3,4)13(5,17)10-9(2)14-7-8-15-10/h7-8,17H,6H2,1-5H3. The van der Waals surface area contributed by atoms with Gasteiger partial charge >= 0.3 is 5.97 Å². The molecule has 5 nitrogen and oxygen atoms in total. The van der Waals surface area contributed by atoms with Crippen LogP contribution >= 0.6 is 0 Å². The van der Waals surface area contributed by atoms with E-state index in [4.69, 9.17) is 4.74 Å². The fourth-order valence-electron chi connectivity index (χ4n) is 1.69. The lowest BCUT2D eigenvalue weighted by Gasteiger charge is -2.37. The minimum atomic E-state index is -1.45. The number of aliphatic hydroxyl groups is 1. The van der Waals surface area contributed by atoms with Crippen molar-refractivity contribution < 1.29 is 14.6 Å². The summed E-state index contributed by atoms with van der Waals surface area (Å²) in [4.78, 5) is 20.2. The lowest BCUT2D eigenvalue weighted by atomic mass is 9.73. The average molecular weight is 252 g/mol. The summed E-state index contributed by atoms with van der Waals surface area (Å²) in [6, 6.07) is 0. The number of aromatic nitrogens is 2. The summed E-state index contributed by atoms with van der Waals surface area (Å²) in [5, 5.41) is 10.7. The molecule has 1 atom stereocenters. The van der Waals surface area contributed by atoms with Gasteiger partial charge in [-0.3, -0.25) is 14.8 Å². The van der Waals surface area contributed by atoms with Crippen LogP contribution in [0.5, 0.6) is 0 Å². The normalized spacial score (nSPS) is 15.0. The molecule has 100 valence electrons. The van der Waals surface area contributed by atoms with E-state index in [1.165, 1.54) is 6.20 Å². The molecule has 1 N–H and O–H groups in total. The third kappa shape index (κ3) is 2.36. The van der Waals surface area contributed by atoms with Gasteiger partial charge in [0.1, 0.15) is 5.60 Å². The molecule has 0 bridgehead atoms. The van der Waals surface area contributed by atoms with Crippen LogP contribution in [0.3, 0.4) is 0 Å². The van der Waals surface area contributed by atoms with Crippen molar-refractivity contribution in [3.8, 4) is 0 Å². The van der Waals surface area contributed by atoms with E-state index < -0.39 is 17.0 Å². The molecule has 1 aromatic heterocycles. The average Bonchev–Trinajstić information content (AvgIpc) is 2.29. The van der Waals surface area contributed by atoms with E-state index in [9.17, 15) is 9.90 Å². The number of carbonyl (C=O) groups is 1. The Hall–Kier alpha value is -1.49. The number of carbonyl (C=O) groups excluding carboxylic acids is 1. The molecule has 0 aromatic carbocycles. The van der Waals surface area contributed by atoms with E-state index in [-0.39, 0.29) is 6.61 Å². The molecule has 0 saturated heterocycles. The Balaban J connectivity index is 3.20. The molecular weight excluding hydrogens is 232 g/mol. The Labute approximate surface area is 107 Å². The fourth-order valence-corrected chi connectivity index (χ4v) is 1.69. The van der Waals surface area contributed by atoms with Crippen LogP contribution in [0.1, 0.15) is 39.1 Å². The van der Waals surface area contributed by atoms with Crippen LogP contribution in [0.2, 0.25) is 0 Å². The van der Waals surface area contributed by atoms with Crippen molar-refractivity contribution in [2.24, 2.45) is 5.41 Å². The molecule has 0 spiro atoms. The molecule has 5 heteroatoms. The first kappa shape index (κ1) is 14.6. The monoisotopic (exact) mass is 252 g/mol. The Morgan fingerprint density at radius 1 is 1.33 bits per heavy atom. The van der Waals surface area contributed by atoms with Crippen LogP contribution in [-0.4, -0.2) is 27.7 Å². The number of hydrogen-bond donors (Lipinski definition) is 1. The van der Waals surface area contributed by atoms with Crippen molar-refractivity contribution in [3.05, 3.63) is 23.8 Å². The number of aryl methyl sites for hydroxylation is 1. The van der Waals surface area contributed by atoms with Crippen molar-refractivity contribution in [3.63, 3.8) is 0 Å². The highest BCUT2D eigenvalue weighted by Gasteiger charge is 2.49. The van der Waals surface area contributed by atoms with Crippen LogP contribution in [0.15, 0.2) is 12.4 Å². The first-order valence-electron chi connectivity index (χ1n) is 5.92. The number of hydrogen-bond acceptors (Lipinski definition) is 5. The van der Waals surface area contributed by atoms with E-state index in [1.54, 1.807) is 40.8 Å². The van der Waals surface area contributed by atoms with Gasteiger partial charge in [0, 0.05) is 12.4 Å². The Morgan fingerprint density at radius 3 is 2.39 bits per heavy atom. The first-order chi connectivity index (χ1) is 8.25. The van der Waals surface area contributed by atoms with Crippen molar-refractivity contribution in [2.45, 2.75) is 40.2 Å². The second kappa shape index (κ2) is 5.02. The SMILES string of the molecule is CCOC(=O)C(C)(C)C(C)(O)c1nccnc1C. The van der Waals surface area contributed by atoms with Crippen LogP contribution in [0, 0.1) is 12.3 Å². The third-order valence-corrected chi connectivity index (χ3v) is 3.35. The summed E-state index contributed by atoms with van der Waals surface area (Å²) in [7, 11) is 0. The maximum atomic E-state index is 12.0. The highest BCUT2D eigenvalue weighted by atomic mass is 16.5. The zero-order valence-electron chi connectivity index (χ0n) is 11.5. The first-order valence-corrected chi connectivity index (χ1v) is 5.92. The van der Waals surface area contributed by atoms with Gasteiger partial charge in [-0.15, -0.1) is 0 Å². The molecule has 1 rings (SSSR count). The van der Waals surface area contributed by atoms with Gasteiger partial charge in [0.15, 0.2) is 0 Å². The number of esters is 1. The van der Waals surface area contributed by atoms with E-state index in [2.05, 4.69) is 9.97 Å². The predicted octanol–water partition coefficient (Wildman–Crippen LogP) is 1.58. The summed E-state index contributed by atoms with van der Waals surface area (Å²) in [5.41, 5.74) is -1.57. The summed E-state index contributed by atoms with van der Waals surface area (Å²) in [6.07, 6.45) is 3.05. The molecule has 18 heavy (non-hydrogen) atoms. The number of ether oxygens (including phenoxy) is 1. The van der Waals surface area contributed by atoms with Crippen LogP contribution in [0.4, 0.5) is 0 Å². The minimum absolute atomic E-state index is 0.276. The highest BCUT2D eigenvalue weighted by Crippen LogP contribution is 2.40. The van der Waals surface area contributed by atoms with E-state index >= 15 is 0 Å². The summed E-state index contributed by atoms with van der Waals surface area (Å²) in [6.45, 7) is 8.59. The minimum Gasteiger partial charge on any atom is -0.465 e. The zero-order chi connectivity index (χ0) is 14.0. The van der Waals surface area contributed by atoms with Gasteiger partial charge in [-0.25, -0.2) is 0 Å². The smallest absolute Gasteiger partial charge is 0.314 e. The molecule has 0 aliphatic carbocycles. The lowest BCUT2D eigenvalue weighted by Crippen LogP contribution is -2.47. The van der Waals surface area contributed by atoms with Gasteiger partial charge in [0.2, 0.25) is 0 Å². The van der Waals surface area contributed by atoms with Gasteiger partial charge in [0.05, 0.1) is 23.4 Å². The van der Waals surface area contributed by atoms with Crippen LogP contribution < -0.4 is 0 Å². The van der Waals surface area contributed by atoms with Gasteiger partial charge in [-0.05, 0) is 34.6 Å². The molecule has 1 aromatic rings. The van der Waals surface area contributed by atoms with Crippen molar-refractivity contribution >= 4 is 5.97 Å². The zero-order valence-corrected chi connectivity index (χ0v) is 11.5. The van der Waals surface area contributed by atoms with Gasteiger partial charge in [0.25, 0.3) is 0 Å². The molecule has 0 aliphatic heterocycles. The number of rotatable bonds is 4. The van der Waals surface area contributed by atoms with Gasteiger partial charge in [-0.1, -0.05) is 0 Å². The van der Waals surface area contributed by atoms with Crippen LogP contribution in [-0.2, 0) is 15.1 Å². The Kier molecular flexibility index (Phi) is 4.06. The largest absolute Gasteiger partial charge is 0.465 e. The lowest BCUT2D eigenvalue weighted by molar-refractivity contribution is -0.170. The fraction of sp³-hybridized carbons (Fsp3) is 0.615. The van der Waals surface area contributed by atoms with Gasteiger partial charge in [-0.2, -0.15) is 0 Å². The molecule has 0 radical (unpaired) electrons. The van der Waals surface area contributed by atoms with Crippen LogP contribution in [0.25, 0.3) is 0 Å². The maximum absolute atomic E-state index is 12.0. The molecular formula is C13H20N2O3. The van der Waals surface area contributed by atoms with E-state index in [1.807, 2.05) is 0 Å². The summed E-state index contributed by atoms with van der Waals surface area (Å²) >= 11 is 0. The van der Waals surface area contributed by atoms with Crippen molar-refractivity contribution in [1.82, 2.24) is 9.97 Å². The molecule has 0 fully saturated rings. The Morgan fingerprint density at radius 2 is 1.89 bits per heavy atom. The van der Waals surface area contributed by atoms with E-state index in [0.717, 1.165) is 0 Å². The summed E-state index contributed by atoms with van der Waals surface area (Å²) < 4.78 is 5.01. The van der Waals surface area contributed by atoms with Gasteiger partial charge < -0.3 is 9.84 Å². The van der Waals surface area contributed by atoms with E-state index in [0.29, 0.717) is 11.4 Å². The molecule has 0 saturated carbocycles. The summed E-state index contributed by atoms with van der Waals surface area (Å²) in [5.74, 6) is -0.458.